The maximum absolute atomic E-state index is 4.89. The van der Waals surface area contributed by atoms with Gasteiger partial charge in [-0.3, -0.25) is 0 Å². The summed E-state index contributed by atoms with van der Waals surface area (Å²) in [7, 11) is 0. The first-order valence-corrected chi connectivity index (χ1v) is 8.63. The standard InChI is InChI=1S/C15H20N4S/c1-4-11(16-7-1)10-19-14-12(5-2-8-17-14)18-15(19)13-6-3-9-20-13/h2,5,8,11,13,16H,1,3-4,6-7,9-10H2. The van der Waals surface area contributed by atoms with Crippen LogP contribution in [0.5, 0.6) is 0 Å². The van der Waals surface area contributed by atoms with Gasteiger partial charge in [0.1, 0.15) is 11.3 Å². The predicted molar refractivity (Wildman–Crippen MR) is 83.0 cm³/mol. The van der Waals surface area contributed by atoms with Crippen molar-refractivity contribution in [2.45, 2.75) is 43.5 Å². The summed E-state index contributed by atoms with van der Waals surface area (Å²) in [6.07, 6.45) is 7.01. The van der Waals surface area contributed by atoms with Gasteiger partial charge in [0, 0.05) is 18.8 Å². The molecule has 0 aromatic carbocycles. The lowest BCUT2D eigenvalue weighted by atomic mass is 10.2. The zero-order valence-electron chi connectivity index (χ0n) is 11.6. The van der Waals surface area contributed by atoms with Crippen molar-refractivity contribution in [3.05, 3.63) is 24.2 Å². The molecule has 2 unspecified atom stereocenters. The smallest absolute Gasteiger partial charge is 0.160 e. The van der Waals surface area contributed by atoms with Gasteiger partial charge in [0.05, 0.1) is 5.25 Å². The normalized spacial score (nSPS) is 26.6. The van der Waals surface area contributed by atoms with E-state index in [1.165, 1.54) is 37.3 Å². The molecule has 0 bridgehead atoms. The van der Waals surface area contributed by atoms with Crippen LogP contribution in [0, 0.1) is 0 Å². The number of aromatic nitrogens is 3. The number of pyridine rings is 1. The van der Waals surface area contributed by atoms with Gasteiger partial charge in [-0.25, -0.2) is 9.97 Å². The van der Waals surface area contributed by atoms with Gasteiger partial charge in [-0.15, -0.1) is 0 Å². The quantitative estimate of drug-likeness (QED) is 0.943. The van der Waals surface area contributed by atoms with E-state index in [1.807, 2.05) is 12.3 Å². The number of nitrogens with one attached hydrogen (secondary N) is 1. The van der Waals surface area contributed by atoms with Crippen LogP contribution in [0.3, 0.4) is 0 Å². The van der Waals surface area contributed by atoms with E-state index >= 15 is 0 Å². The highest BCUT2D eigenvalue weighted by Gasteiger charge is 2.26. The molecule has 0 aliphatic carbocycles. The number of fused-ring (bicyclic) bond motifs is 1. The molecule has 2 fully saturated rings. The lowest BCUT2D eigenvalue weighted by molar-refractivity contribution is 0.500. The highest BCUT2D eigenvalue weighted by Crippen LogP contribution is 2.40. The van der Waals surface area contributed by atoms with Crippen LogP contribution in [0.2, 0.25) is 0 Å². The van der Waals surface area contributed by atoms with Crippen LogP contribution in [-0.2, 0) is 6.54 Å². The summed E-state index contributed by atoms with van der Waals surface area (Å²) in [6.45, 7) is 2.16. The van der Waals surface area contributed by atoms with Crippen LogP contribution in [-0.4, -0.2) is 32.9 Å². The zero-order valence-corrected chi connectivity index (χ0v) is 12.4. The molecule has 0 spiro atoms. The average molecular weight is 288 g/mol. The van der Waals surface area contributed by atoms with E-state index in [9.17, 15) is 0 Å². The molecular weight excluding hydrogens is 268 g/mol. The summed E-state index contributed by atoms with van der Waals surface area (Å²) >= 11 is 2.05. The molecule has 4 rings (SSSR count). The van der Waals surface area contributed by atoms with E-state index in [0.29, 0.717) is 11.3 Å². The van der Waals surface area contributed by atoms with E-state index in [1.54, 1.807) is 0 Å². The van der Waals surface area contributed by atoms with Crippen molar-refractivity contribution in [1.82, 2.24) is 19.9 Å². The van der Waals surface area contributed by atoms with Gasteiger partial charge in [-0.05, 0) is 50.1 Å². The van der Waals surface area contributed by atoms with Crippen LogP contribution in [0.25, 0.3) is 11.2 Å². The fourth-order valence-corrected chi connectivity index (χ4v) is 4.60. The Labute approximate surface area is 123 Å². The predicted octanol–water partition coefficient (Wildman–Crippen LogP) is 2.75. The van der Waals surface area contributed by atoms with E-state index in [-0.39, 0.29) is 0 Å². The van der Waals surface area contributed by atoms with Crippen molar-refractivity contribution in [1.29, 1.82) is 0 Å². The molecule has 0 radical (unpaired) electrons. The third kappa shape index (κ3) is 2.23. The average Bonchev–Trinajstić information content (AvgIpc) is 3.19. The second-order valence-corrected chi connectivity index (χ2v) is 7.03. The lowest BCUT2D eigenvalue weighted by Gasteiger charge is -2.16. The van der Waals surface area contributed by atoms with E-state index in [2.05, 4.69) is 32.7 Å². The molecule has 2 saturated heterocycles. The van der Waals surface area contributed by atoms with Crippen LogP contribution < -0.4 is 5.32 Å². The van der Waals surface area contributed by atoms with Crippen LogP contribution in [0.1, 0.15) is 36.8 Å². The minimum Gasteiger partial charge on any atom is -0.312 e. The van der Waals surface area contributed by atoms with Gasteiger partial charge in [0.2, 0.25) is 0 Å². The first-order valence-electron chi connectivity index (χ1n) is 7.58. The van der Waals surface area contributed by atoms with Crippen molar-refractivity contribution in [3.8, 4) is 0 Å². The van der Waals surface area contributed by atoms with E-state index in [4.69, 9.17) is 4.98 Å². The number of nitrogens with zero attached hydrogens (tertiary/aromatic N) is 3. The summed E-state index contributed by atoms with van der Waals surface area (Å²) in [5, 5.41) is 4.15. The summed E-state index contributed by atoms with van der Waals surface area (Å²) in [5.41, 5.74) is 2.11. The molecule has 2 aromatic heterocycles. The lowest BCUT2D eigenvalue weighted by Crippen LogP contribution is -2.27. The third-order valence-electron chi connectivity index (χ3n) is 4.32. The Kier molecular flexibility index (Phi) is 3.40. The van der Waals surface area contributed by atoms with Crippen molar-refractivity contribution < 1.29 is 0 Å². The Morgan fingerprint density at radius 2 is 2.35 bits per heavy atom. The second-order valence-electron chi connectivity index (χ2n) is 5.72. The van der Waals surface area contributed by atoms with E-state index < -0.39 is 0 Å². The third-order valence-corrected chi connectivity index (χ3v) is 5.69. The summed E-state index contributed by atoms with van der Waals surface area (Å²) in [6, 6.07) is 4.66. The molecule has 2 aliphatic rings. The molecule has 2 aromatic rings. The Morgan fingerprint density at radius 3 is 3.15 bits per heavy atom. The topological polar surface area (TPSA) is 42.7 Å². The van der Waals surface area contributed by atoms with Gasteiger partial charge in [0.15, 0.2) is 5.65 Å². The number of thioether (sulfide) groups is 1. The Hall–Kier alpha value is -1.07. The van der Waals surface area contributed by atoms with Crippen LogP contribution in [0.15, 0.2) is 18.3 Å². The Balaban J connectivity index is 1.75. The van der Waals surface area contributed by atoms with Crippen molar-refractivity contribution in [2.75, 3.05) is 12.3 Å². The summed E-state index contributed by atoms with van der Waals surface area (Å²) in [5.74, 6) is 2.51. The second kappa shape index (κ2) is 5.37. The molecule has 20 heavy (non-hydrogen) atoms. The molecule has 106 valence electrons. The maximum atomic E-state index is 4.89. The fourth-order valence-electron chi connectivity index (χ4n) is 3.32. The zero-order chi connectivity index (χ0) is 13.4. The van der Waals surface area contributed by atoms with Gasteiger partial charge >= 0.3 is 0 Å². The molecule has 0 amide bonds. The van der Waals surface area contributed by atoms with Gasteiger partial charge in [0.25, 0.3) is 0 Å². The Bertz CT molecular complexity index is 597. The fraction of sp³-hybridized carbons (Fsp3) is 0.600. The molecule has 2 atom stereocenters. The van der Waals surface area contributed by atoms with Crippen LogP contribution in [0.4, 0.5) is 0 Å². The van der Waals surface area contributed by atoms with Gasteiger partial charge in [-0.1, -0.05) is 0 Å². The van der Waals surface area contributed by atoms with Gasteiger partial charge in [-0.2, -0.15) is 11.8 Å². The summed E-state index contributed by atoms with van der Waals surface area (Å²) in [4.78, 5) is 9.47. The number of hydrogen-bond donors (Lipinski definition) is 1. The molecule has 2 aliphatic heterocycles. The number of imidazole rings is 1. The molecule has 1 N–H and O–H groups in total. The molecule has 4 heterocycles. The minimum atomic E-state index is 0.561. The number of rotatable bonds is 3. The van der Waals surface area contributed by atoms with Gasteiger partial charge < -0.3 is 9.88 Å². The summed E-state index contributed by atoms with van der Waals surface area (Å²) < 4.78 is 2.38. The minimum absolute atomic E-state index is 0.561. The molecule has 5 heteroatoms. The molecule has 4 nitrogen and oxygen atoms in total. The first-order chi connectivity index (χ1) is 9.92. The van der Waals surface area contributed by atoms with Crippen molar-refractivity contribution in [2.24, 2.45) is 0 Å². The monoisotopic (exact) mass is 288 g/mol. The molecular formula is C15H20N4S. The largest absolute Gasteiger partial charge is 0.312 e. The van der Waals surface area contributed by atoms with Crippen molar-refractivity contribution in [3.63, 3.8) is 0 Å². The highest BCUT2D eigenvalue weighted by molar-refractivity contribution is 7.99. The highest BCUT2D eigenvalue weighted by atomic mass is 32.2. The SMILES string of the molecule is c1cnc2c(c1)nc(C1CCCS1)n2CC1CCCN1. The molecule has 0 saturated carbocycles. The van der Waals surface area contributed by atoms with Crippen LogP contribution >= 0.6 is 11.8 Å². The maximum Gasteiger partial charge on any atom is 0.160 e. The Morgan fingerprint density at radius 1 is 1.35 bits per heavy atom. The van der Waals surface area contributed by atoms with Crippen molar-refractivity contribution >= 4 is 22.9 Å². The number of hydrogen-bond acceptors (Lipinski definition) is 4. The first kappa shape index (κ1) is 12.7. The van der Waals surface area contributed by atoms with E-state index in [0.717, 1.165) is 24.3 Å².